The molecule has 0 radical (unpaired) electrons. The molecule has 1 saturated heterocycles. The average molecular weight is 295 g/mol. The highest BCUT2D eigenvalue weighted by Gasteiger charge is 2.54. The Morgan fingerprint density at radius 2 is 2.00 bits per heavy atom. The number of hydrogen-bond donors (Lipinski definition) is 2. The molecule has 0 spiro atoms. The number of benzene rings is 1. The van der Waals surface area contributed by atoms with Gasteiger partial charge >= 0.3 is 0 Å². The van der Waals surface area contributed by atoms with E-state index in [1.807, 2.05) is 6.07 Å². The van der Waals surface area contributed by atoms with E-state index in [2.05, 4.69) is 59.0 Å². The van der Waals surface area contributed by atoms with E-state index < -0.39 is 0 Å². The van der Waals surface area contributed by atoms with Crippen molar-refractivity contribution in [1.82, 2.24) is 15.5 Å². The quantitative estimate of drug-likeness (QED) is 0.870. The van der Waals surface area contributed by atoms with Gasteiger partial charge in [0.15, 0.2) is 0 Å². The van der Waals surface area contributed by atoms with Crippen LogP contribution in [0, 0.1) is 5.92 Å². The summed E-state index contributed by atoms with van der Waals surface area (Å²) in [7, 11) is 2.06. The zero-order valence-electron chi connectivity index (χ0n) is 12.9. The Balaban J connectivity index is 1.82. The third-order valence-electron chi connectivity index (χ3n) is 5.18. The summed E-state index contributed by atoms with van der Waals surface area (Å²) >= 11 is 0. The first kappa shape index (κ1) is 13.6. The minimum Gasteiger partial charge on any atom is -0.368 e. The number of likely N-dealkylation sites (tertiary alicyclic amines) is 1. The summed E-state index contributed by atoms with van der Waals surface area (Å²) in [5.41, 5.74) is 2.55. The van der Waals surface area contributed by atoms with Gasteiger partial charge in [-0.2, -0.15) is 0 Å². The van der Waals surface area contributed by atoms with Gasteiger partial charge in [0, 0.05) is 18.4 Å². The first-order valence-electron chi connectivity index (χ1n) is 7.87. The smallest absolute Gasteiger partial charge is 0.147 e. The van der Waals surface area contributed by atoms with Crippen LogP contribution in [0.4, 0.5) is 0 Å². The van der Waals surface area contributed by atoms with Gasteiger partial charge in [0.25, 0.3) is 0 Å². The fourth-order valence-electron chi connectivity index (χ4n) is 4.32. The zero-order valence-corrected chi connectivity index (χ0v) is 12.9. The van der Waals surface area contributed by atoms with Gasteiger partial charge in [0.1, 0.15) is 11.6 Å². The molecule has 4 rings (SSSR count). The number of carbonyl (C=O) groups is 1. The lowest BCUT2D eigenvalue weighted by Gasteiger charge is -2.27. The topological polar surface area (TPSA) is 44.4 Å². The molecule has 4 unspecified atom stereocenters. The fraction of sp³-hybridized carbons (Fsp3) is 0.389. The number of allylic oxidation sites excluding steroid dienone is 1. The summed E-state index contributed by atoms with van der Waals surface area (Å²) in [5.74, 6) is 1.87. The lowest BCUT2D eigenvalue weighted by atomic mass is 9.79. The number of carbonyl (C=O) groups excluding carboxylic acids is 1. The van der Waals surface area contributed by atoms with Crippen LogP contribution in [0.15, 0.2) is 53.9 Å². The molecule has 1 aromatic carbocycles. The number of nitrogens with zero attached hydrogens (tertiary/aromatic N) is 1. The van der Waals surface area contributed by atoms with E-state index in [4.69, 9.17) is 0 Å². The van der Waals surface area contributed by atoms with Crippen molar-refractivity contribution in [2.45, 2.75) is 25.0 Å². The highest BCUT2D eigenvalue weighted by molar-refractivity contribution is 5.83. The van der Waals surface area contributed by atoms with E-state index in [-0.39, 0.29) is 23.9 Å². The predicted octanol–water partition coefficient (Wildman–Crippen LogP) is 1.59. The Kier molecular flexibility index (Phi) is 3.08. The van der Waals surface area contributed by atoms with Crippen molar-refractivity contribution in [1.29, 1.82) is 0 Å². The number of rotatable bonds is 2. The van der Waals surface area contributed by atoms with Gasteiger partial charge < -0.3 is 10.6 Å². The summed E-state index contributed by atoms with van der Waals surface area (Å²) in [5, 5.41) is 7.00. The maximum Gasteiger partial charge on any atom is 0.147 e. The molecule has 0 saturated carbocycles. The van der Waals surface area contributed by atoms with Crippen molar-refractivity contribution >= 4 is 5.78 Å². The second-order valence-electron chi connectivity index (χ2n) is 6.39. The maximum absolute atomic E-state index is 12.3. The molecule has 22 heavy (non-hydrogen) atoms. The van der Waals surface area contributed by atoms with E-state index in [1.54, 1.807) is 6.92 Å². The van der Waals surface area contributed by atoms with Crippen LogP contribution in [-0.2, 0) is 4.79 Å². The number of Topliss-reactive ketones (excluding diaryl/α,β-unsaturated/α-hetero) is 1. The Hall–Kier alpha value is -2.07. The summed E-state index contributed by atoms with van der Waals surface area (Å²) < 4.78 is 0. The van der Waals surface area contributed by atoms with Gasteiger partial charge in [-0.3, -0.25) is 9.69 Å². The van der Waals surface area contributed by atoms with E-state index in [1.165, 1.54) is 11.1 Å². The molecule has 4 atom stereocenters. The van der Waals surface area contributed by atoms with Crippen LogP contribution < -0.4 is 10.6 Å². The van der Waals surface area contributed by atoms with E-state index in [9.17, 15) is 4.79 Å². The molecule has 0 amide bonds. The zero-order chi connectivity index (χ0) is 15.3. The molecule has 3 aliphatic heterocycles. The van der Waals surface area contributed by atoms with Crippen LogP contribution in [0.5, 0.6) is 0 Å². The van der Waals surface area contributed by atoms with Crippen molar-refractivity contribution in [3.05, 3.63) is 59.4 Å². The fourth-order valence-corrected chi connectivity index (χ4v) is 4.32. The van der Waals surface area contributed by atoms with Crippen molar-refractivity contribution in [2.75, 3.05) is 13.6 Å². The van der Waals surface area contributed by atoms with Gasteiger partial charge in [-0.25, -0.2) is 0 Å². The molecule has 1 aromatic rings. The number of likely N-dealkylation sites (N-methyl/N-ethyl adjacent to an activating group) is 1. The molecular weight excluding hydrogens is 274 g/mol. The minimum absolute atomic E-state index is 0.0747. The second kappa shape index (κ2) is 4.99. The molecule has 0 aromatic heterocycles. The Bertz CT molecular complexity index is 664. The molecule has 4 nitrogen and oxygen atoms in total. The van der Waals surface area contributed by atoms with Crippen LogP contribution in [0.1, 0.15) is 18.4 Å². The highest BCUT2D eigenvalue weighted by Crippen LogP contribution is 2.48. The maximum atomic E-state index is 12.3. The van der Waals surface area contributed by atoms with Crippen molar-refractivity contribution in [3.63, 3.8) is 0 Å². The summed E-state index contributed by atoms with van der Waals surface area (Å²) in [6, 6.07) is 10.4. The summed E-state index contributed by atoms with van der Waals surface area (Å²) in [4.78, 5) is 14.5. The molecule has 2 N–H and O–H groups in total. The van der Waals surface area contributed by atoms with Crippen molar-refractivity contribution in [2.24, 2.45) is 5.92 Å². The largest absolute Gasteiger partial charge is 0.368 e. The van der Waals surface area contributed by atoms with Crippen molar-refractivity contribution < 1.29 is 4.79 Å². The Labute approximate surface area is 130 Å². The number of fused-ring (bicyclic) bond motifs is 2. The predicted molar refractivity (Wildman–Crippen MR) is 86.0 cm³/mol. The molecule has 1 fully saturated rings. The molecule has 0 aliphatic carbocycles. The number of hydrogen-bond acceptors (Lipinski definition) is 4. The first-order valence-corrected chi connectivity index (χ1v) is 7.87. The van der Waals surface area contributed by atoms with Gasteiger partial charge in [0.05, 0.1) is 12.2 Å². The van der Waals surface area contributed by atoms with Crippen LogP contribution in [-0.4, -0.2) is 36.5 Å². The van der Waals surface area contributed by atoms with Crippen LogP contribution >= 0.6 is 0 Å². The molecular formula is C18H21N3O. The van der Waals surface area contributed by atoms with Gasteiger partial charge in [-0.05, 0) is 25.1 Å². The molecule has 3 aliphatic rings. The highest BCUT2D eigenvalue weighted by atomic mass is 16.1. The van der Waals surface area contributed by atoms with E-state index >= 15 is 0 Å². The van der Waals surface area contributed by atoms with Gasteiger partial charge in [0.2, 0.25) is 0 Å². The van der Waals surface area contributed by atoms with Crippen LogP contribution in [0.3, 0.4) is 0 Å². The number of nitrogens with one attached hydrogen (secondary N) is 2. The SMILES string of the molecule is CC(=O)C1C(c2ccccc2)C2C3=C(NCC=C3)NC2N1C. The molecule has 3 heterocycles. The summed E-state index contributed by atoms with van der Waals surface area (Å²) in [6.07, 6.45) is 4.56. The molecule has 4 heteroatoms. The second-order valence-corrected chi connectivity index (χ2v) is 6.39. The van der Waals surface area contributed by atoms with Gasteiger partial charge in [-0.1, -0.05) is 42.5 Å². The number of dihydropyridines is 1. The van der Waals surface area contributed by atoms with Crippen molar-refractivity contribution in [3.8, 4) is 0 Å². The number of ketones is 1. The van der Waals surface area contributed by atoms with Crippen LogP contribution in [0.25, 0.3) is 0 Å². The third-order valence-corrected chi connectivity index (χ3v) is 5.18. The normalized spacial score (nSPS) is 33.2. The average Bonchev–Trinajstić information content (AvgIpc) is 3.04. The van der Waals surface area contributed by atoms with E-state index in [0.717, 1.165) is 12.4 Å². The van der Waals surface area contributed by atoms with E-state index in [0.29, 0.717) is 5.92 Å². The molecule has 0 bridgehead atoms. The lowest BCUT2D eigenvalue weighted by molar-refractivity contribution is -0.121. The Morgan fingerprint density at radius 1 is 1.23 bits per heavy atom. The monoisotopic (exact) mass is 295 g/mol. The summed E-state index contributed by atoms with van der Waals surface area (Å²) in [6.45, 7) is 2.57. The minimum atomic E-state index is -0.0747. The lowest BCUT2D eigenvalue weighted by Crippen LogP contribution is -2.45. The third kappa shape index (κ3) is 1.83. The standard InChI is InChI=1S/C18H21N3O/c1-11(22)16-14(12-7-4-3-5-8-12)15-13-9-6-10-19-17(13)20-18(15)21(16)2/h3-9,14-16,18-20H,10H2,1-2H3. The Morgan fingerprint density at radius 3 is 2.73 bits per heavy atom. The van der Waals surface area contributed by atoms with Crippen LogP contribution in [0.2, 0.25) is 0 Å². The van der Waals surface area contributed by atoms with Gasteiger partial charge in [-0.15, -0.1) is 0 Å². The first-order chi connectivity index (χ1) is 10.7. The molecule has 114 valence electrons.